The van der Waals surface area contributed by atoms with Gasteiger partial charge in [0.15, 0.2) is 6.61 Å². The van der Waals surface area contributed by atoms with Gasteiger partial charge in [0.25, 0.3) is 11.8 Å². The van der Waals surface area contributed by atoms with Crippen LogP contribution in [-0.4, -0.2) is 44.8 Å². The molecule has 4 aromatic rings. The third kappa shape index (κ3) is 6.30. The number of carbonyl (C=O) groups excluding carboxylic acids is 2. The number of methoxy groups -OCH3 is 1. The standard InChI is InChI=1S/C32H30F4N2O5/c1-4-17-11-21(12-17)38-30(39)24-13-19(7-10-25(24)41-3)22-14-23-27(15-26(22)42-16-32(34,35)36)43-29(28(23)31(40)37-2)18-5-8-20(33)9-6-18/h5-10,13-15,17,21H,4,11-12,16H2,1-3H3,(H,37,40)(H,38,39). The molecule has 7 nitrogen and oxygen atoms in total. The Bertz CT molecular complexity index is 1660. The van der Waals surface area contributed by atoms with E-state index in [0.29, 0.717) is 22.8 Å². The third-order valence-electron chi connectivity index (χ3n) is 7.65. The highest BCUT2D eigenvalue weighted by molar-refractivity contribution is 6.12. The first-order valence-corrected chi connectivity index (χ1v) is 13.8. The number of nitrogens with one attached hydrogen (secondary N) is 2. The maximum Gasteiger partial charge on any atom is 0.422 e. The van der Waals surface area contributed by atoms with E-state index in [1.807, 2.05) is 0 Å². The summed E-state index contributed by atoms with van der Waals surface area (Å²) in [5.74, 6) is -0.600. The van der Waals surface area contributed by atoms with Crippen LogP contribution in [0.15, 0.2) is 59.0 Å². The Kier molecular flexibility index (Phi) is 8.34. The van der Waals surface area contributed by atoms with E-state index >= 15 is 0 Å². The monoisotopic (exact) mass is 598 g/mol. The van der Waals surface area contributed by atoms with Gasteiger partial charge < -0.3 is 24.5 Å². The molecule has 1 fully saturated rings. The molecule has 0 spiro atoms. The molecule has 1 aliphatic carbocycles. The van der Waals surface area contributed by atoms with Gasteiger partial charge in [-0.1, -0.05) is 19.4 Å². The van der Waals surface area contributed by atoms with E-state index < -0.39 is 24.5 Å². The molecule has 1 saturated carbocycles. The Balaban J connectivity index is 1.65. The Morgan fingerprint density at radius 1 is 0.977 bits per heavy atom. The summed E-state index contributed by atoms with van der Waals surface area (Å²) in [6, 6.07) is 12.7. The molecule has 11 heteroatoms. The molecule has 1 aliphatic rings. The number of hydrogen-bond acceptors (Lipinski definition) is 5. The molecule has 1 aromatic heterocycles. The Morgan fingerprint density at radius 2 is 1.67 bits per heavy atom. The number of ether oxygens (including phenoxy) is 2. The molecule has 226 valence electrons. The summed E-state index contributed by atoms with van der Waals surface area (Å²) < 4.78 is 70.0. The number of benzene rings is 3. The van der Waals surface area contributed by atoms with Gasteiger partial charge in [0, 0.05) is 35.7 Å². The van der Waals surface area contributed by atoms with Crippen molar-refractivity contribution >= 4 is 22.8 Å². The van der Waals surface area contributed by atoms with Gasteiger partial charge in [-0.2, -0.15) is 13.2 Å². The zero-order valence-corrected chi connectivity index (χ0v) is 23.7. The molecule has 0 aliphatic heterocycles. The Hall–Kier alpha value is -4.54. The number of rotatable bonds is 9. The highest BCUT2D eigenvalue weighted by Gasteiger charge is 2.32. The Morgan fingerprint density at radius 3 is 2.30 bits per heavy atom. The van der Waals surface area contributed by atoms with Crippen LogP contribution >= 0.6 is 0 Å². The van der Waals surface area contributed by atoms with Gasteiger partial charge in [0.2, 0.25) is 0 Å². The van der Waals surface area contributed by atoms with Crippen LogP contribution in [0.25, 0.3) is 33.4 Å². The topological polar surface area (TPSA) is 89.8 Å². The van der Waals surface area contributed by atoms with Gasteiger partial charge in [-0.3, -0.25) is 9.59 Å². The molecule has 2 N–H and O–H groups in total. The SMILES string of the molecule is CCC1CC(NC(=O)c2cc(-c3cc4c(C(=O)NC)c(-c5ccc(F)cc5)oc4cc3OCC(F)(F)F)ccc2OC)C1. The van der Waals surface area contributed by atoms with E-state index in [1.165, 1.54) is 56.6 Å². The maximum atomic E-state index is 13.6. The molecule has 3 aromatic carbocycles. The van der Waals surface area contributed by atoms with Crippen molar-refractivity contribution < 1.29 is 41.0 Å². The van der Waals surface area contributed by atoms with E-state index in [-0.39, 0.29) is 51.1 Å². The zero-order valence-electron chi connectivity index (χ0n) is 23.7. The predicted molar refractivity (Wildman–Crippen MR) is 153 cm³/mol. The number of furan rings is 1. The van der Waals surface area contributed by atoms with Crippen molar-refractivity contribution in [1.29, 1.82) is 0 Å². The van der Waals surface area contributed by atoms with Gasteiger partial charge >= 0.3 is 6.18 Å². The minimum atomic E-state index is -4.63. The number of hydrogen-bond donors (Lipinski definition) is 2. The number of amides is 2. The first-order valence-electron chi connectivity index (χ1n) is 13.8. The molecular weight excluding hydrogens is 568 g/mol. The molecule has 43 heavy (non-hydrogen) atoms. The molecule has 0 unspecified atom stereocenters. The second-order valence-electron chi connectivity index (χ2n) is 10.5. The number of alkyl halides is 3. The lowest BCUT2D eigenvalue weighted by Crippen LogP contribution is -2.44. The summed E-state index contributed by atoms with van der Waals surface area (Å²) in [5, 5.41) is 5.84. The van der Waals surface area contributed by atoms with E-state index in [2.05, 4.69) is 17.6 Å². The maximum absolute atomic E-state index is 13.6. The highest BCUT2D eigenvalue weighted by atomic mass is 19.4. The van der Waals surface area contributed by atoms with E-state index in [4.69, 9.17) is 13.9 Å². The molecule has 0 saturated heterocycles. The smallest absolute Gasteiger partial charge is 0.422 e. The van der Waals surface area contributed by atoms with Crippen LogP contribution in [0.2, 0.25) is 0 Å². The lowest BCUT2D eigenvalue weighted by atomic mass is 9.78. The number of halogens is 4. The normalized spacial score (nSPS) is 16.4. The van der Waals surface area contributed by atoms with Gasteiger partial charge in [-0.05, 0) is 66.8 Å². The van der Waals surface area contributed by atoms with Crippen LogP contribution in [-0.2, 0) is 0 Å². The highest BCUT2D eigenvalue weighted by Crippen LogP contribution is 2.42. The predicted octanol–water partition coefficient (Wildman–Crippen LogP) is 7.13. The minimum absolute atomic E-state index is 0.0266. The third-order valence-corrected chi connectivity index (χ3v) is 7.65. The molecule has 1 heterocycles. The van der Waals surface area contributed by atoms with E-state index in [1.54, 1.807) is 12.1 Å². The second kappa shape index (κ2) is 12.0. The second-order valence-corrected chi connectivity index (χ2v) is 10.5. The molecular formula is C32H30F4N2O5. The fraction of sp³-hybridized carbons (Fsp3) is 0.312. The van der Waals surface area contributed by atoms with Crippen LogP contribution in [0.5, 0.6) is 11.5 Å². The van der Waals surface area contributed by atoms with Crippen LogP contribution in [0.3, 0.4) is 0 Å². The van der Waals surface area contributed by atoms with Crippen molar-refractivity contribution in [2.75, 3.05) is 20.8 Å². The first-order chi connectivity index (χ1) is 20.5. The van der Waals surface area contributed by atoms with Gasteiger partial charge in [0.05, 0.1) is 18.2 Å². The van der Waals surface area contributed by atoms with Gasteiger partial charge in [-0.25, -0.2) is 4.39 Å². The van der Waals surface area contributed by atoms with Crippen molar-refractivity contribution in [3.05, 3.63) is 71.5 Å². The quantitative estimate of drug-likeness (QED) is 0.200. The summed E-state index contributed by atoms with van der Waals surface area (Å²) in [5.41, 5.74) is 1.33. The van der Waals surface area contributed by atoms with Gasteiger partial charge in [-0.15, -0.1) is 0 Å². The van der Waals surface area contributed by atoms with Crippen LogP contribution in [0.4, 0.5) is 17.6 Å². The van der Waals surface area contributed by atoms with Crippen molar-refractivity contribution in [3.63, 3.8) is 0 Å². The summed E-state index contributed by atoms with van der Waals surface area (Å²) in [7, 11) is 2.85. The summed E-state index contributed by atoms with van der Waals surface area (Å²) >= 11 is 0. The lowest BCUT2D eigenvalue weighted by Gasteiger charge is -2.35. The average Bonchev–Trinajstić information content (AvgIpc) is 3.34. The lowest BCUT2D eigenvalue weighted by molar-refractivity contribution is -0.153. The molecule has 0 radical (unpaired) electrons. The zero-order chi connectivity index (χ0) is 30.9. The van der Waals surface area contributed by atoms with E-state index in [9.17, 15) is 27.2 Å². The molecule has 2 amide bonds. The fourth-order valence-corrected chi connectivity index (χ4v) is 5.29. The van der Waals surface area contributed by atoms with Crippen LogP contribution in [0.1, 0.15) is 46.9 Å². The van der Waals surface area contributed by atoms with Crippen molar-refractivity contribution in [2.24, 2.45) is 5.92 Å². The fourth-order valence-electron chi connectivity index (χ4n) is 5.29. The molecule has 0 bridgehead atoms. The van der Waals surface area contributed by atoms with Crippen LogP contribution < -0.4 is 20.1 Å². The van der Waals surface area contributed by atoms with Gasteiger partial charge in [0.1, 0.15) is 28.7 Å². The number of carbonyl (C=O) groups is 2. The number of fused-ring (bicyclic) bond motifs is 1. The Labute approximate surface area is 245 Å². The molecule has 5 rings (SSSR count). The van der Waals surface area contributed by atoms with Crippen molar-refractivity contribution in [3.8, 4) is 33.9 Å². The van der Waals surface area contributed by atoms with Crippen molar-refractivity contribution in [1.82, 2.24) is 10.6 Å². The summed E-state index contributed by atoms with van der Waals surface area (Å²) in [6.07, 6.45) is -1.86. The minimum Gasteiger partial charge on any atom is -0.496 e. The summed E-state index contributed by atoms with van der Waals surface area (Å²) in [4.78, 5) is 26.3. The van der Waals surface area contributed by atoms with Crippen molar-refractivity contribution in [2.45, 2.75) is 38.4 Å². The summed E-state index contributed by atoms with van der Waals surface area (Å²) in [6.45, 7) is 0.520. The van der Waals surface area contributed by atoms with E-state index in [0.717, 1.165) is 19.3 Å². The molecule has 0 atom stereocenters. The average molecular weight is 599 g/mol. The largest absolute Gasteiger partial charge is 0.496 e. The first kappa shape index (κ1) is 29.9. The van der Waals surface area contributed by atoms with Crippen LogP contribution in [0, 0.1) is 11.7 Å².